The summed E-state index contributed by atoms with van der Waals surface area (Å²) in [6, 6.07) is 15.1. The molecule has 0 fully saturated rings. The number of hydroxylamine groups is 2. The Hall–Kier alpha value is -2.91. The van der Waals surface area contributed by atoms with E-state index in [9.17, 15) is 8.42 Å². The first-order chi connectivity index (χ1) is 11.8. The molecule has 0 spiro atoms. The molecule has 0 aliphatic rings. The van der Waals surface area contributed by atoms with Crippen molar-refractivity contribution in [2.45, 2.75) is 18.4 Å². The lowest BCUT2D eigenvalue weighted by Gasteiger charge is -2.21. The molecule has 0 radical (unpaired) electrons. The number of guanidine groups is 2. The fraction of sp³-hybridized carbons (Fsp3) is 0.125. The van der Waals surface area contributed by atoms with E-state index in [0.717, 1.165) is 16.2 Å². The Morgan fingerprint density at radius 3 is 2.28 bits per heavy atom. The van der Waals surface area contributed by atoms with Crippen LogP contribution >= 0.6 is 0 Å². The first kappa shape index (κ1) is 18.4. The van der Waals surface area contributed by atoms with Crippen molar-refractivity contribution in [3.8, 4) is 0 Å². The molecule has 5 N–H and O–H groups in total. The molecule has 25 heavy (non-hydrogen) atoms. The van der Waals surface area contributed by atoms with Gasteiger partial charge in [-0.25, -0.2) is 0 Å². The average Bonchev–Trinajstić information content (AvgIpc) is 2.55. The third-order valence-electron chi connectivity index (χ3n) is 3.14. The van der Waals surface area contributed by atoms with Gasteiger partial charge in [-0.15, -0.1) is 4.28 Å². The van der Waals surface area contributed by atoms with Gasteiger partial charge in [0, 0.05) is 0 Å². The predicted octanol–water partition coefficient (Wildman–Crippen LogP) is 1.33. The molecule has 0 aliphatic carbocycles. The van der Waals surface area contributed by atoms with E-state index >= 15 is 0 Å². The largest absolute Gasteiger partial charge is 0.370 e. The Morgan fingerprint density at radius 1 is 1.12 bits per heavy atom. The van der Waals surface area contributed by atoms with Crippen molar-refractivity contribution >= 4 is 22.0 Å². The second-order valence-corrected chi connectivity index (χ2v) is 6.75. The van der Waals surface area contributed by atoms with Gasteiger partial charge in [0.25, 0.3) is 0 Å². The van der Waals surface area contributed by atoms with Crippen molar-refractivity contribution in [2.75, 3.05) is 0 Å². The van der Waals surface area contributed by atoms with Crippen molar-refractivity contribution < 1.29 is 12.7 Å². The van der Waals surface area contributed by atoms with Gasteiger partial charge in [0.15, 0.2) is 5.96 Å². The Morgan fingerprint density at radius 2 is 1.72 bits per heavy atom. The highest BCUT2D eigenvalue weighted by atomic mass is 32.2. The molecular weight excluding hydrogens is 342 g/mol. The number of hydrogen-bond acceptors (Lipinski definition) is 4. The van der Waals surface area contributed by atoms with Gasteiger partial charge in [-0.3, -0.25) is 5.41 Å². The molecule has 0 heterocycles. The molecule has 0 amide bonds. The molecule has 9 heteroatoms. The van der Waals surface area contributed by atoms with Gasteiger partial charge in [-0.05, 0) is 24.6 Å². The van der Waals surface area contributed by atoms with E-state index < -0.39 is 16.1 Å². The zero-order valence-electron chi connectivity index (χ0n) is 13.6. The maximum Gasteiger partial charge on any atom is 0.317 e. The van der Waals surface area contributed by atoms with E-state index in [1.807, 2.05) is 13.0 Å². The third-order valence-corrected chi connectivity index (χ3v) is 4.36. The van der Waals surface area contributed by atoms with E-state index in [-0.39, 0.29) is 17.4 Å². The summed E-state index contributed by atoms with van der Waals surface area (Å²) in [6.07, 6.45) is 0. The summed E-state index contributed by atoms with van der Waals surface area (Å²) in [7, 11) is -4.14. The van der Waals surface area contributed by atoms with Crippen LogP contribution in [-0.2, 0) is 20.9 Å². The molecule has 0 bridgehead atoms. The molecule has 2 aromatic rings. The highest BCUT2D eigenvalue weighted by molar-refractivity contribution is 7.86. The fourth-order valence-corrected chi connectivity index (χ4v) is 2.85. The summed E-state index contributed by atoms with van der Waals surface area (Å²) in [6.45, 7) is 1.81. The summed E-state index contributed by atoms with van der Waals surface area (Å²) in [5.74, 6) is -0.904. The number of benzene rings is 2. The average molecular weight is 361 g/mol. The Balaban J connectivity index is 2.30. The first-order valence-corrected chi connectivity index (χ1v) is 8.69. The second-order valence-electron chi connectivity index (χ2n) is 5.22. The molecule has 0 aliphatic heterocycles. The zero-order chi connectivity index (χ0) is 18.4. The summed E-state index contributed by atoms with van der Waals surface area (Å²) < 4.78 is 30.0. The van der Waals surface area contributed by atoms with E-state index in [0.29, 0.717) is 0 Å². The highest BCUT2D eigenvalue weighted by Gasteiger charge is 2.23. The van der Waals surface area contributed by atoms with E-state index in [4.69, 9.17) is 21.2 Å². The summed E-state index contributed by atoms with van der Waals surface area (Å²) in [5, 5.41) is 8.70. The Labute approximate surface area is 146 Å². The number of aryl methyl sites for hydroxylation is 1. The van der Waals surface area contributed by atoms with Crippen LogP contribution in [0.15, 0.2) is 64.5 Å². The molecule has 0 saturated heterocycles. The fourth-order valence-electron chi connectivity index (χ4n) is 1.93. The Kier molecular flexibility index (Phi) is 5.73. The number of rotatable bonds is 5. The number of aliphatic imine (C=N–C) groups is 1. The van der Waals surface area contributed by atoms with Crippen LogP contribution in [0.4, 0.5) is 0 Å². The Bertz CT molecular complexity index is 860. The van der Waals surface area contributed by atoms with Gasteiger partial charge >= 0.3 is 10.1 Å². The number of nitrogens with one attached hydrogen (secondary N) is 1. The standard InChI is InChI=1S/C16H19N5O3S/c1-12-7-9-14(10-8-12)25(22,23)24-21(16(19)20-15(17)18)11-13-5-3-2-4-6-13/h2-10H,11H2,1H3,(H5,17,18,19,20). The van der Waals surface area contributed by atoms with Crippen LogP contribution in [-0.4, -0.2) is 25.4 Å². The van der Waals surface area contributed by atoms with Gasteiger partial charge in [0.2, 0.25) is 5.96 Å². The van der Waals surface area contributed by atoms with Gasteiger partial charge in [0.05, 0.1) is 11.4 Å². The molecule has 0 atom stereocenters. The minimum Gasteiger partial charge on any atom is -0.370 e. The molecule has 2 rings (SSSR count). The first-order valence-electron chi connectivity index (χ1n) is 7.29. The smallest absolute Gasteiger partial charge is 0.317 e. The third kappa shape index (κ3) is 5.30. The van der Waals surface area contributed by atoms with E-state index in [2.05, 4.69) is 4.99 Å². The molecule has 0 saturated carbocycles. The summed E-state index contributed by atoms with van der Waals surface area (Å²) in [5.41, 5.74) is 12.2. The molecule has 0 aromatic heterocycles. The minimum absolute atomic E-state index is 0.0262. The topological polar surface area (TPSA) is 135 Å². The van der Waals surface area contributed by atoms with Gasteiger partial charge < -0.3 is 11.5 Å². The molecule has 8 nitrogen and oxygen atoms in total. The van der Waals surface area contributed by atoms with Crippen molar-refractivity contribution in [3.63, 3.8) is 0 Å². The molecule has 0 unspecified atom stereocenters. The maximum atomic E-state index is 12.5. The quantitative estimate of drug-likeness (QED) is 0.418. The lowest BCUT2D eigenvalue weighted by molar-refractivity contribution is 0.0165. The lowest BCUT2D eigenvalue weighted by Crippen LogP contribution is -2.34. The normalized spacial score (nSPS) is 10.9. The van der Waals surface area contributed by atoms with Crippen LogP contribution < -0.4 is 11.5 Å². The summed E-state index contributed by atoms with van der Waals surface area (Å²) in [4.78, 5) is 3.52. The van der Waals surface area contributed by atoms with Crippen LogP contribution in [0.2, 0.25) is 0 Å². The van der Waals surface area contributed by atoms with Gasteiger partial charge in [-0.1, -0.05) is 48.0 Å². The van der Waals surface area contributed by atoms with Crippen LogP contribution in [0.1, 0.15) is 11.1 Å². The van der Waals surface area contributed by atoms with Crippen molar-refractivity contribution in [1.29, 1.82) is 5.41 Å². The molecular formula is C16H19N5O3S. The van der Waals surface area contributed by atoms with E-state index in [1.165, 1.54) is 12.1 Å². The van der Waals surface area contributed by atoms with Crippen LogP contribution in [0.3, 0.4) is 0 Å². The highest BCUT2D eigenvalue weighted by Crippen LogP contribution is 2.17. The van der Waals surface area contributed by atoms with Crippen LogP contribution in [0, 0.1) is 12.3 Å². The second kappa shape index (κ2) is 7.77. The van der Waals surface area contributed by atoms with Crippen LogP contribution in [0.5, 0.6) is 0 Å². The SMILES string of the molecule is Cc1ccc(S(=O)(=O)ON(Cc2ccccc2)C(=N)N=C(N)N)cc1. The van der Waals surface area contributed by atoms with Crippen molar-refractivity contribution in [1.82, 2.24) is 5.06 Å². The number of nitrogens with zero attached hydrogens (tertiary/aromatic N) is 2. The number of hydrogen-bond donors (Lipinski definition) is 3. The zero-order valence-corrected chi connectivity index (χ0v) is 14.4. The van der Waals surface area contributed by atoms with Gasteiger partial charge in [-0.2, -0.15) is 18.5 Å². The lowest BCUT2D eigenvalue weighted by atomic mass is 10.2. The molecule has 132 valence electrons. The van der Waals surface area contributed by atoms with E-state index in [1.54, 1.807) is 36.4 Å². The van der Waals surface area contributed by atoms with Crippen LogP contribution in [0.25, 0.3) is 0 Å². The van der Waals surface area contributed by atoms with Crippen molar-refractivity contribution in [2.24, 2.45) is 16.5 Å². The minimum atomic E-state index is -4.14. The monoisotopic (exact) mass is 361 g/mol. The van der Waals surface area contributed by atoms with Gasteiger partial charge in [0.1, 0.15) is 0 Å². The van der Waals surface area contributed by atoms with Crippen molar-refractivity contribution in [3.05, 3.63) is 65.7 Å². The predicted molar refractivity (Wildman–Crippen MR) is 95.0 cm³/mol. The maximum absolute atomic E-state index is 12.5. The number of nitrogens with two attached hydrogens (primary N) is 2. The molecule has 2 aromatic carbocycles. The summed E-state index contributed by atoms with van der Waals surface area (Å²) >= 11 is 0.